The third kappa shape index (κ3) is 1.98. The minimum atomic E-state index is -3.80. The van der Waals surface area contributed by atoms with E-state index in [4.69, 9.17) is 22.3 Å². The zero-order valence-corrected chi connectivity index (χ0v) is 9.41. The van der Waals surface area contributed by atoms with Crippen LogP contribution in [0.5, 0.6) is 0 Å². The van der Waals surface area contributed by atoms with Gasteiger partial charge in [0.15, 0.2) is 0 Å². The standard InChI is InChI=1S/C6H8Cl2N2O2S/c1-3-4-5(13(8,11)12)6(7)10(2)9-4/h3H2,1-2H3. The monoisotopic (exact) mass is 242 g/mol. The van der Waals surface area contributed by atoms with Gasteiger partial charge in [0.05, 0.1) is 5.69 Å². The molecule has 0 radical (unpaired) electrons. The van der Waals surface area contributed by atoms with Crippen molar-refractivity contribution in [3.63, 3.8) is 0 Å². The fourth-order valence-electron chi connectivity index (χ4n) is 1.01. The van der Waals surface area contributed by atoms with Gasteiger partial charge in [0.1, 0.15) is 10.0 Å². The second kappa shape index (κ2) is 3.48. The molecule has 0 aliphatic heterocycles. The van der Waals surface area contributed by atoms with Gasteiger partial charge < -0.3 is 0 Å². The molecule has 0 atom stereocenters. The van der Waals surface area contributed by atoms with Crippen molar-refractivity contribution in [3.8, 4) is 0 Å². The largest absolute Gasteiger partial charge is 0.266 e. The molecular formula is C6H8Cl2N2O2S. The number of rotatable bonds is 2. The molecule has 0 spiro atoms. The van der Waals surface area contributed by atoms with E-state index in [0.717, 1.165) is 0 Å². The molecule has 0 aliphatic carbocycles. The van der Waals surface area contributed by atoms with E-state index in [2.05, 4.69) is 5.10 Å². The number of hydrogen-bond acceptors (Lipinski definition) is 3. The molecule has 0 amide bonds. The molecule has 1 aromatic heterocycles. The Morgan fingerprint density at radius 2 is 2.08 bits per heavy atom. The van der Waals surface area contributed by atoms with Crippen molar-refractivity contribution in [2.24, 2.45) is 7.05 Å². The van der Waals surface area contributed by atoms with Crippen LogP contribution in [0.1, 0.15) is 12.6 Å². The fourth-order valence-corrected chi connectivity index (χ4v) is 2.87. The van der Waals surface area contributed by atoms with Gasteiger partial charge in [0.2, 0.25) is 0 Å². The van der Waals surface area contributed by atoms with Crippen molar-refractivity contribution < 1.29 is 8.42 Å². The highest BCUT2D eigenvalue weighted by Gasteiger charge is 2.23. The topological polar surface area (TPSA) is 52.0 Å². The maximum Gasteiger partial charge on any atom is 0.266 e. The molecule has 0 saturated heterocycles. The van der Waals surface area contributed by atoms with Crippen molar-refractivity contribution in [1.82, 2.24) is 9.78 Å². The molecule has 1 heterocycles. The van der Waals surface area contributed by atoms with Crippen LogP contribution in [0.25, 0.3) is 0 Å². The van der Waals surface area contributed by atoms with E-state index < -0.39 is 9.05 Å². The molecular weight excluding hydrogens is 235 g/mol. The lowest BCUT2D eigenvalue weighted by molar-refractivity contribution is 0.608. The summed E-state index contributed by atoms with van der Waals surface area (Å²) in [5.74, 6) is 0. The van der Waals surface area contributed by atoms with Gasteiger partial charge in [-0.15, -0.1) is 0 Å². The van der Waals surface area contributed by atoms with Gasteiger partial charge in [-0.2, -0.15) is 5.10 Å². The van der Waals surface area contributed by atoms with Crippen LogP contribution in [0.4, 0.5) is 0 Å². The smallest absolute Gasteiger partial charge is 0.255 e. The lowest BCUT2D eigenvalue weighted by Gasteiger charge is -1.94. The van der Waals surface area contributed by atoms with Crippen LogP contribution in [-0.2, 0) is 22.5 Å². The van der Waals surface area contributed by atoms with Gasteiger partial charge in [0.25, 0.3) is 9.05 Å². The van der Waals surface area contributed by atoms with E-state index in [0.29, 0.717) is 12.1 Å². The van der Waals surface area contributed by atoms with Gasteiger partial charge in [-0.05, 0) is 6.42 Å². The third-order valence-corrected chi connectivity index (χ3v) is 3.51. The van der Waals surface area contributed by atoms with E-state index in [1.54, 1.807) is 14.0 Å². The third-order valence-electron chi connectivity index (χ3n) is 1.58. The molecule has 7 heteroatoms. The quantitative estimate of drug-likeness (QED) is 0.740. The Morgan fingerprint density at radius 1 is 1.54 bits per heavy atom. The van der Waals surface area contributed by atoms with Crippen molar-refractivity contribution >= 4 is 31.3 Å². The van der Waals surface area contributed by atoms with Gasteiger partial charge in [-0.25, -0.2) is 8.42 Å². The van der Waals surface area contributed by atoms with Crippen LogP contribution in [0.2, 0.25) is 5.15 Å². The number of halogens is 2. The molecule has 0 unspecified atom stereocenters. The Labute approximate surface area is 85.9 Å². The predicted molar refractivity (Wildman–Crippen MR) is 50.6 cm³/mol. The molecule has 0 N–H and O–H groups in total. The fraction of sp³-hybridized carbons (Fsp3) is 0.500. The SMILES string of the molecule is CCc1nn(C)c(Cl)c1S(=O)(=O)Cl. The van der Waals surface area contributed by atoms with Crippen LogP contribution in [0, 0.1) is 0 Å². The summed E-state index contributed by atoms with van der Waals surface area (Å²) in [5.41, 5.74) is 0.391. The van der Waals surface area contributed by atoms with Crippen LogP contribution >= 0.6 is 22.3 Å². The molecule has 1 rings (SSSR count). The van der Waals surface area contributed by atoms with Crippen molar-refractivity contribution in [1.29, 1.82) is 0 Å². The van der Waals surface area contributed by atoms with E-state index in [-0.39, 0.29) is 10.0 Å². The highest BCUT2D eigenvalue weighted by atomic mass is 35.7. The first-order chi connectivity index (χ1) is 5.88. The summed E-state index contributed by atoms with van der Waals surface area (Å²) in [4.78, 5) is -0.0826. The molecule has 0 saturated carbocycles. The molecule has 0 fully saturated rings. The van der Waals surface area contributed by atoms with Crippen LogP contribution in [0.3, 0.4) is 0 Å². The van der Waals surface area contributed by atoms with Crippen LogP contribution in [-0.4, -0.2) is 18.2 Å². The second-order valence-electron chi connectivity index (χ2n) is 2.48. The Kier molecular flexibility index (Phi) is 2.89. The van der Waals surface area contributed by atoms with Gasteiger partial charge in [0, 0.05) is 17.7 Å². The lowest BCUT2D eigenvalue weighted by Crippen LogP contribution is -1.94. The molecule has 0 bridgehead atoms. The van der Waals surface area contributed by atoms with Crippen LogP contribution in [0.15, 0.2) is 4.90 Å². The Hall–Kier alpha value is -0.260. The van der Waals surface area contributed by atoms with Crippen LogP contribution < -0.4 is 0 Å². The van der Waals surface area contributed by atoms with E-state index in [1.165, 1.54) is 4.68 Å². The van der Waals surface area contributed by atoms with Gasteiger partial charge in [-0.1, -0.05) is 18.5 Å². The number of aromatic nitrogens is 2. The minimum Gasteiger partial charge on any atom is -0.255 e. The summed E-state index contributed by atoms with van der Waals surface area (Å²) < 4.78 is 23.4. The molecule has 13 heavy (non-hydrogen) atoms. The maximum atomic E-state index is 11.1. The molecule has 0 aliphatic rings. The lowest BCUT2D eigenvalue weighted by atomic mass is 10.3. The minimum absolute atomic E-state index is 0.0480. The summed E-state index contributed by atoms with van der Waals surface area (Å²) in [7, 11) is 2.96. The zero-order chi connectivity index (χ0) is 10.2. The predicted octanol–water partition coefficient (Wildman–Crippen LogP) is 1.56. The maximum absolute atomic E-state index is 11.1. The average molecular weight is 243 g/mol. The summed E-state index contributed by atoms with van der Waals surface area (Å²) >= 11 is 5.71. The van der Waals surface area contributed by atoms with E-state index >= 15 is 0 Å². The average Bonchev–Trinajstić information content (AvgIpc) is 2.26. The summed E-state index contributed by atoms with van der Waals surface area (Å²) in [6, 6.07) is 0. The Bertz CT molecular complexity index is 424. The number of nitrogens with zero attached hydrogens (tertiary/aromatic N) is 2. The first kappa shape index (κ1) is 10.8. The highest BCUT2D eigenvalue weighted by molar-refractivity contribution is 8.13. The number of aryl methyl sites for hydroxylation is 2. The Balaban J connectivity index is 3.51. The second-order valence-corrected chi connectivity index (χ2v) is 5.34. The molecule has 4 nitrogen and oxygen atoms in total. The van der Waals surface area contributed by atoms with Crippen molar-refractivity contribution in [2.45, 2.75) is 18.2 Å². The van der Waals surface area contributed by atoms with E-state index in [1.807, 2.05) is 0 Å². The van der Waals surface area contributed by atoms with Gasteiger partial charge in [-0.3, -0.25) is 4.68 Å². The highest BCUT2D eigenvalue weighted by Crippen LogP contribution is 2.27. The molecule has 0 aromatic carbocycles. The number of hydrogen-bond donors (Lipinski definition) is 0. The van der Waals surface area contributed by atoms with Crippen molar-refractivity contribution in [2.75, 3.05) is 0 Å². The zero-order valence-electron chi connectivity index (χ0n) is 7.08. The van der Waals surface area contributed by atoms with Gasteiger partial charge >= 0.3 is 0 Å². The Morgan fingerprint density at radius 3 is 2.38 bits per heavy atom. The summed E-state index contributed by atoms with van der Waals surface area (Å²) in [6.45, 7) is 1.78. The van der Waals surface area contributed by atoms with Crippen molar-refractivity contribution in [3.05, 3.63) is 10.8 Å². The first-order valence-corrected chi connectivity index (χ1v) is 6.22. The summed E-state index contributed by atoms with van der Waals surface area (Å²) in [5, 5.41) is 3.96. The summed E-state index contributed by atoms with van der Waals surface area (Å²) in [6.07, 6.45) is 0.474. The molecule has 1 aromatic rings. The van der Waals surface area contributed by atoms with E-state index in [9.17, 15) is 8.42 Å². The first-order valence-electron chi connectivity index (χ1n) is 3.54. The normalized spacial score (nSPS) is 12.0. The molecule has 74 valence electrons.